The summed E-state index contributed by atoms with van der Waals surface area (Å²) in [5.41, 5.74) is 27.9. The molecule has 27 nitrogen and oxygen atoms in total. The van der Waals surface area contributed by atoms with Crippen molar-refractivity contribution in [3.8, 4) is 33.8 Å². The van der Waals surface area contributed by atoms with Gasteiger partial charge in [-0.1, -0.05) is 36.4 Å². The molecule has 0 radical (unpaired) electrons. The molecule has 0 unspecified atom stereocenters. The summed E-state index contributed by atoms with van der Waals surface area (Å²) in [5.74, 6) is 1.02. The van der Waals surface area contributed by atoms with E-state index in [-0.39, 0.29) is 5.28 Å². The minimum Gasteiger partial charge on any atom is -0.444 e. The molecule has 0 fully saturated rings. The first-order valence-electron chi connectivity index (χ1n) is 31.8. The van der Waals surface area contributed by atoms with Crippen LogP contribution in [0.1, 0.15) is 118 Å². The van der Waals surface area contributed by atoms with E-state index in [0.29, 0.717) is 31.5 Å². The van der Waals surface area contributed by atoms with E-state index in [1.807, 2.05) is 212 Å². The molecular formula is C71H94ClN21O6. The van der Waals surface area contributed by atoms with E-state index < -0.39 is 35.1 Å². The van der Waals surface area contributed by atoms with Crippen molar-refractivity contribution in [3.63, 3.8) is 0 Å². The van der Waals surface area contributed by atoms with Gasteiger partial charge in [0.25, 0.3) is 0 Å². The molecule has 7 aromatic heterocycles. The number of rotatable bonds is 13. The van der Waals surface area contributed by atoms with E-state index in [2.05, 4.69) is 76.9 Å². The molecule has 10 aromatic rings. The van der Waals surface area contributed by atoms with Gasteiger partial charge in [0.15, 0.2) is 0 Å². The van der Waals surface area contributed by atoms with Crippen LogP contribution in [0.3, 0.4) is 0 Å². The lowest BCUT2D eigenvalue weighted by Gasteiger charge is -2.20. The van der Waals surface area contributed by atoms with Crippen molar-refractivity contribution in [2.24, 2.45) is 28.2 Å². The number of nitrogen functional groups attached to an aromatic ring is 2. The Bertz CT molecular complexity index is 4200. The van der Waals surface area contributed by atoms with Crippen LogP contribution in [-0.2, 0) is 62.0 Å². The number of benzene rings is 3. The highest BCUT2D eigenvalue weighted by Crippen LogP contribution is 2.27. The minimum atomic E-state index is -0.518. The molecule has 0 aliphatic carbocycles. The molecule has 0 spiro atoms. The molecule has 9 N–H and O–H groups in total. The minimum absolute atomic E-state index is 0.218. The maximum atomic E-state index is 11.9. The van der Waals surface area contributed by atoms with Crippen LogP contribution in [0.25, 0.3) is 33.8 Å². The number of nitrogens with two attached hydrogens (primary N) is 2. The second-order valence-corrected chi connectivity index (χ2v) is 26.5. The largest absolute Gasteiger partial charge is 0.444 e. The average molecular weight is 1370 g/mol. The average Bonchev–Trinajstić information content (AvgIpc) is 1.55. The monoisotopic (exact) mass is 1370 g/mol. The van der Waals surface area contributed by atoms with Crippen molar-refractivity contribution in [2.45, 2.75) is 147 Å². The fraction of sp³-hybridized carbons (Fsp3) is 0.366. The summed E-state index contributed by atoms with van der Waals surface area (Å²) in [5, 5.41) is 31.4. The van der Waals surface area contributed by atoms with Crippen LogP contribution in [-0.4, -0.2) is 104 Å². The number of carbonyl (C=O) groups is 3. The number of carbonyl (C=O) groups excluding carboxylic acids is 3. The summed E-state index contributed by atoms with van der Waals surface area (Å²) in [6.07, 6.45) is 10.9. The Balaban J connectivity index is 0.000000211. The summed E-state index contributed by atoms with van der Waals surface area (Å²) in [4.78, 5) is 61.4. The summed E-state index contributed by atoms with van der Waals surface area (Å²) >= 11 is 5.82. The van der Waals surface area contributed by atoms with E-state index in [0.717, 1.165) is 113 Å². The van der Waals surface area contributed by atoms with Crippen molar-refractivity contribution < 1.29 is 28.6 Å². The van der Waals surface area contributed by atoms with Gasteiger partial charge in [-0.15, -0.1) is 0 Å². The normalized spacial score (nSPS) is 11.0. The van der Waals surface area contributed by atoms with Gasteiger partial charge in [-0.05, 0) is 192 Å². The molecule has 0 saturated heterocycles. The highest BCUT2D eigenvalue weighted by Gasteiger charge is 2.20. The van der Waals surface area contributed by atoms with Gasteiger partial charge < -0.3 is 52.3 Å². The van der Waals surface area contributed by atoms with Gasteiger partial charge in [-0.2, -0.15) is 20.4 Å². The molecule has 3 aromatic carbocycles. The number of alkyl carbamates (subject to hydrolysis) is 3. The fourth-order valence-electron chi connectivity index (χ4n) is 8.98. The van der Waals surface area contributed by atoms with Gasteiger partial charge in [0, 0.05) is 95.5 Å². The lowest BCUT2D eigenvalue weighted by molar-refractivity contribution is 0.0512. The van der Waals surface area contributed by atoms with E-state index in [1.165, 1.54) is 0 Å². The number of hydrogen-bond donors (Lipinski definition) is 7. The SMILES string of the molecule is Cc1c(N)cnn1C.Cc1cc(-c2ccnc(Cl)n2)ccc1CNC(=O)OC(C)(C)C.Cc1cc(-c2ccnc(Nc3cn(C)nc3C)n2)ccc1CNC(=O)OC(C)(C)C.Cc1cc(-c2ccnc(Nc3cnn(C)c3C)n2)ccc1CNC(=O)OC(C)(C)C.Cc1nn(C)cc1N. The number of nitrogens with zero attached hydrogens (tertiary/aromatic N) is 14. The Labute approximate surface area is 584 Å². The second-order valence-electron chi connectivity index (χ2n) is 26.2. The number of halogens is 1. The zero-order valence-electron chi connectivity index (χ0n) is 60.3. The summed E-state index contributed by atoms with van der Waals surface area (Å²) in [6.45, 7) is 31.5. The van der Waals surface area contributed by atoms with Gasteiger partial charge >= 0.3 is 18.3 Å². The zero-order valence-corrected chi connectivity index (χ0v) is 61.1. The van der Waals surface area contributed by atoms with Crippen molar-refractivity contribution >= 4 is 64.5 Å². The van der Waals surface area contributed by atoms with Gasteiger partial charge in [0.2, 0.25) is 17.2 Å². The zero-order chi connectivity index (χ0) is 73.1. The van der Waals surface area contributed by atoms with Crippen LogP contribution in [0.15, 0.2) is 116 Å². The number of amides is 3. The van der Waals surface area contributed by atoms with Crippen LogP contribution in [0.5, 0.6) is 0 Å². The maximum Gasteiger partial charge on any atom is 0.407 e. The molecule has 99 heavy (non-hydrogen) atoms. The Morgan fingerprint density at radius 1 is 0.465 bits per heavy atom. The third-order valence-electron chi connectivity index (χ3n) is 14.4. The number of hydrogen-bond acceptors (Lipinski definition) is 20. The molecule has 0 aliphatic heterocycles. The fourth-order valence-corrected chi connectivity index (χ4v) is 9.13. The van der Waals surface area contributed by atoms with Crippen LogP contribution < -0.4 is 38.1 Å². The number of nitrogens with one attached hydrogen (secondary N) is 5. The predicted octanol–water partition coefficient (Wildman–Crippen LogP) is 13.3. The highest BCUT2D eigenvalue weighted by atomic mass is 35.5. The smallest absolute Gasteiger partial charge is 0.407 e. The topological polar surface area (TPSA) is 340 Å². The molecular weight excluding hydrogens is 1280 g/mol. The van der Waals surface area contributed by atoms with E-state index in [4.69, 9.17) is 37.3 Å². The first-order valence-corrected chi connectivity index (χ1v) is 32.1. The molecule has 28 heteroatoms. The van der Waals surface area contributed by atoms with Crippen LogP contribution in [0.4, 0.5) is 49.0 Å². The molecule has 0 bridgehead atoms. The van der Waals surface area contributed by atoms with Crippen LogP contribution in [0.2, 0.25) is 5.28 Å². The van der Waals surface area contributed by atoms with Gasteiger partial charge in [-0.3, -0.25) is 18.7 Å². The van der Waals surface area contributed by atoms with Crippen molar-refractivity contribution in [2.75, 3.05) is 22.1 Å². The second kappa shape index (κ2) is 34.3. The van der Waals surface area contributed by atoms with Crippen molar-refractivity contribution in [1.29, 1.82) is 0 Å². The summed E-state index contributed by atoms with van der Waals surface area (Å²) in [6, 6.07) is 23.5. The lowest BCUT2D eigenvalue weighted by atomic mass is 10.0. The van der Waals surface area contributed by atoms with Gasteiger partial charge in [-0.25, -0.2) is 44.3 Å². The van der Waals surface area contributed by atoms with Crippen LogP contribution in [0, 0.1) is 48.5 Å². The Morgan fingerprint density at radius 2 is 0.838 bits per heavy atom. The van der Waals surface area contributed by atoms with Crippen LogP contribution >= 0.6 is 11.6 Å². The maximum absolute atomic E-state index is 11.9. The van der Waals surface area contributed by atoms with E-state index >= 15 is 0 Å². The molecule has 526 valence electrons. The standard InChI is InChI=1S/2C22H28N6O2.C17H20ClN3O2.2C5H9N3/c1-14-11-16(7-8-17(14)12-24-21(29)30-22(3,4)5)18-9-10-23-20(25-18)26-19-13-28(6)27-15(19)2;1-14-11-16(7-8-17(14)12-24-21(29)30-22(3,4)5)18-9-10-23-20(26-18)27-19-13-25-28(6)15(19)2;1-11-9-12(14-7-8-19-15(18)21-14)5-6-13(11)10-20-16(22)23-17(2,3)4;1-4-5(6)3-8(2)7-4;1-4-5(6)3-7-8(4)2/h7-11,13H,12H2,1-6H3,(H,24,29)(H,23,25,26);7-11,13H,12H2,1-6H3,(H,24,29)(H,23,26,27);5-9H,10H2,1-4H3,(H,20,22);2*3H,6H2,1-2H3. The first-order chi connectivity index (χ1) is 46.4. The molecule has 0 saturated carbocycles. The summed E-state index contributed by atoms with van der Waals surface area (Å²) < 4.78 is 22.8. The molecule has 7 heterocycles. The molecule has 0 atom stereocenters. The lowest BCUT2D eigenvalue weighted by Crippen LogP contribution is -2.32. The number of ether oxygens (including phenoxy) is 3. The summed E-state index contributed by atoms with van der Waals surface area (Å²) in [7, 11) is 7.48. The highest BCUT2D eigenvalue weighted by molar-refractivity contribution is 6.28. The van der Waals surface area contributed by atoms with Crippen molar-refractivity contribution in [3.05, 3.63) is 178 Å². The van der Waals surface area contributed by atoms with E-state index in [1.54, 1.807) is 62.0 Å². The third-order valence-corrected chi connectivity index (χ3v) is 14.6. The Morgan fingerprint density at radius 3 is 1.13 bits per heavy atom. The molecule has 10 rings (SSSR count). The number of aryl methyl sites for hydroxylation is 9. The van der Waals surface area contributed by atoms with Gasteiger partial charge in [0.05, 0.1) is 75.0 Å². The third kappa shape index (κ3) is 25.2. The molecule has 3 amide bonds. The predicted molar refractivity (Wildman–Crippen MR) is 388 cm³/mol. The Hall–Kier alpha value is -11.0. The number of aromatic nitrogens is 14. The molecule has 0 aliphatic rings. The van der Waals surface area contributed by atoms with Crippen molar-refractivity contribution in [1.82, 2.24) is 85.0 Å². The quantitative estimate of drug-likeness (QED) is 0.0416. The first kappa shape index (κ1) is 77.1. The van der Waals surface area contributed by atoms with Gasteiger partial charge in [0.1, 0.15) is 16.8 Å². The van der Waals surface area contributed by atoms with E-state index in [9.17, 15) is 14.4 Å². The Kier molecular flexibility index (Phi) is 26.7. The number of anilines is 6.